The normalized spacial score (nSPS) is 13.5. The summed E-state index contributed by atoms with van der Waals surface area (Å²) in [6.07, 6.45) is 0. The quantitative estimate of drug-likeness (QED) is 0.389. The van der Waals surface area contributed by atoms with E-state index in [-0.39, 0.29) is 22.2 Å². The SMILES string of the molecule is O=C(Nc1ccc(N2CCN(C(=O)c3ccccc3)CC2)c(Cl)c1)c1cc([N+](=O)[O-])ccc1Cl. The molecule has 0 atom stereocenters. The van der Waals surface area contributed by atoms with Gasteiger partial charge in [-0.3, -0.25) is 19.7 Å². The van der Waals surface area contributed by atoms with E-state index in [0.29, 0.717) is 42.5 Å². The molecule has 8 nitrogen and oxygen atoms in total. The summed E-state index contributed by atoms with van der Waals surface area (Å²) in [7, 11) is 0. The Morgan fingerprint density at radius 2 is 1.59 bits per heavy atom. The van der Waals surface area contributed by atoms with Crippen LogP contribution in [0.2, 0.25) is 10.0 Å². The Morgan fingerprint density at radius 1 is 0.882 bits per heavy atom. The van der Waals surface area contributed by atoms with Crippen molar-refractivity contribution >= 4 is 52.1 Å². The third kappa shape index (κ3) is 5.13. The summed E-state index contributed by atoms with van der Waals surface area (Å²) < 4.78 is 0. The van der Waals surface area contributed by atoms with E-state index >= 15 is 0 Å². The first-order valence-corrected chi connectivity index (χ1v) is 11.2. The van der Waals surface area contributed by atoms with Gasteiger partial charge in [0, 0.05) is 49.6 Å². The maximum absolute atomic E-state index is 12.7. The molecular formula is C24H20Cl2N4O4. The second-order valence-electron chi connectivity index (χ2n) is 7.69. The van der Waals surface area contributed by atoms with Crippen LogP contribution in [0.15, 0.2) is 66.7 Å². The van der Waals surface area contributed by atoms with E-state index < -0.39 is 10.8 Å². The highest BCUT2D eigenvalue weighted by Crippen LogP contribution is 2.31. The van der Waals surface area contributed by atoms with E-state index in [2.05, 4.69) is 10.2 Å². The van der Waals surface area contributed by atoms with Crippen LogP contribution in [-0.2, 0) is 0 Å². The summed E-state index contributed by atoms with van der Waals surface area (Å²) in [6.45, 7) is 2.36. The number of nitrogens with zero attached hydrogens (tertiary/aromatic N) is 3. The molecule has 0 bridgehead atoms. The Kier molecular flexibility index (Phi) is 7.00. The van der Waals surface area contributed by atoms with Gasteiger partial charge in [-0.2, -0.15) is 0 Å². The van der Waals surface area contributed by atoms with Crippen LogP contribution < -0.4 is 10.2 Å². The Balaban J connectivity index is 1.41. The first kappa shape index (κ1) is 23.5. The molecule has 4 rings (SSSR count). The van der Waals surface area contributed by atoms with E-state index in [9.17, 15) is 19.7 Å². The molecule has 1 fully saturated rings. The minimum atomic E-state index is -0.591. The van der Waals surface area contributed by atoms with Gasteiger partial charge in [-0.05, 0) is 36.4 Å². The lowest BCUT2D eigenvalue weighted by molar-refractivity contribution is -0.384. The Labute approximate surface area is 205 Å². The molecule has 2 amide bonds. The largest absolute Gasteiger partial charge is 0.367 e. The van der Waals surface area contributed by atoms with Gasteiger partial charge < -0.3 is 15.1 Å². The number of halogens is 2. The zero-order valence-electron chi connectivity index (χ0n) is 17.9. The number of nitro groups is 1. The minimum Gasteiger partial charge on any atom is -0.367 e. The Morgan fingerprint density at radius 3 is 2.24 bits per heavy atom. The lowest BCUT2D eigenvalue weighted by atomic mass is 10.1. The number of non-ortho nitro benzene ring substituents is 1. The zero-order valence-corrected chi connectivity index (χ0v) is 19.4. The molecule has 1 heterocycles. The third-order valence-electron chi connectivity index (χ3n) is 5.54. The van der Waals surface area contributed by atoms with Gasteiger partial charge in [0.2, 0.25) is 0 Å². The van der Waals surface area contributed by atoms with Crippen LogP contribution in [0.3, 0.4) is 0 Å². The van der Waals surface area contributed by atoms with Gasteiger partial charge in [-0.15, -0.1) is 0 Å². The molecule has 1 aliphatic rings. The molecule has 1 aliphatic heterocycles. The highest BCUT2D eigenvalue weighted by molar-refractivity contribution is 6.35. The number of nitro benzene ring substituents is 1. The number of carbonyl (C=O) groups is 2. The van der Waals surface area contributed by atoms with Crippen LogP contribution in [0.5, 0.6) is 0 Å². The third-order valence-corrected chi connectivity index (χ3v) is 6.17. The molecule has 10 heteroatoms. The number of anilines is 2. The van der Waals surface area contributed by atoms with Crippen molar-refractivity contribution in [2.45, 2.75) is 0 Å². The predicted octanol–water partition coefficient (Wildman–Crippen LogP) is 5.12. The van der Waals surface area contributed by atoms with Crippen molar-refractivity contribution in [2.24, 2.45) is 0 Å². The van der Waals surface area contributed by atoms with Gasteiger partial charge in [0.15, 0.2) is 0 Å². The highest BCUT2D eigenvalue weighted by atomic mass is 35.5. The average Bonchev–Trinajstić information content (AvgIpc) is 2.84. The van der Waals surface area contributed by atoms with Crippen LogP contribution in [0, 0.1) is 10.1 Å². The lowest BCUT2D eigenvalue weighted by Gasteiger charge is -2.36. The van der Waals surface area contributed by atoms with Gasteiger partial charge in [-0.25, -0.2) is 0 Å². The first-order valence-electron chi connectivity index (χ1n) is 10.5. The number of benzene rings is 3. The number of hydrogen-bond acceptors (Lipinski definition) is 5. The highest BCUT2D eigenvalue weighted by Gasteiger charge is 2.23. The molecule has 0 radical (unpaired) electrons. The standard InChI is InChI=1S/C24H20Cl2N4O4/c25-20-8-7-18(30(33)34)15-19(20)23(31)27-17-6-9-22(21(26)14-17)28-10-12-29(13-11-28)24(32)16-4-2-1-3-5-16/h1-9,14-15H,10-13H2,(H,27,31). The van der Waals surface area contributed by atoms with E-state index in [1.807, 2.05) is 23.1 Å². The molecule has 0 spiro atoms. The molecule has 0 aliphatic carbocycles. The Bertz CT molecular complexity index is 1240. The second-order valence-corrected chi connectivity index (χ2v) is 8.50. The number of rotatable bonds is 5. The number of hydrogen-bond donors (Lipinski definition) is 1. The number of carbonyl (C=O) groups excluding carboxylic acids is 2. The van der Waals surface area contributed by atoms with Gasteiger partial charge >= 0.3 is 0 Å². The molecular weight excluding hydrogens is 479 g/mol. The summed E-state index contributed by atoms with van der Waals surface area (Å²) in [5.41, 5.74) is 1.65. The fourth-order valence-electron chi connectivity index (χ4n) is 3.75. The maximum Gasteiger partial charge on any atom is 0.270 e. The Hall–Kier alpha value is -3.62. The molecule has 0 saturated carbocycles. The fraction of sp³-hybridized carbons (Fsp3) is 0.167. The molecule has 3 aromatic rings. The molecule has 1 N–H and O–H groups in total. The van der Waals surface area contributed by atoms with Crippen molar-refractivity contribution in [1.82, 2.24) is 4.90 Å². The maximum atomic E-state index is 12.7. The van der Waals surface area contributed by atoms with Gasteiger partial charge in [0.1, 0.15) is 0 Å². The van der Waals surface area contributed by atoms with Gasteiger partial charge in [0.25, 0.3) is 17.5 Å². The monoisotopic (exact) mass is 498 g/mol. The van der Waals surface area contributed by atoms with E-state index in [1.165, 1.54) is 12.1 Å². The summed E-state index contributed by atoms with van der Waals surface area (Å²) in [5, 5.41) is 14.2. The van der Waals surface area contributed by atoms with Crippen LogP contribution >= 0.6 is 23.2 Å². The second kappa shape index (κ2) is 10.1. The van der Waals surface area contributed by atoms with E-state index in [0.717, 1.165) is 11.8 Å². The summed E-state index contributed by atoms with van der Waals surface area (Å²) >= 11 is 12.5. The van der Waals surface area contributed by atoms with Crippen LogP contribution in [-0.4, -0.2) is 47.8 Å². The smallest absolute Gasteiger partial charge is 0.270 e. The van der Waals surface area contributed by atoms with Crippen LogP contribution in [0.4, 0.5) is 17.1 Å². The molecule has 0 unspecified atom stereocenters. The van der Waals surface area contributed by atoms with Crippen molar-refractivity contribution in [3.63, 3.8) is 0 Å². The van der Waals surface area contributed by atoms with Gasteiger partial charge in [-0.1, -0.05) is 41.4 Å². The number of piperazine rings is 1. The molecule has 3 aromatic carbocycles. The van der Waals surface area contributed by atoms with Crippen LogP contribution in [0.25, 0.3) is 0 Å². The van der Waals surface area contributed by atoms with Crippen molar-refractivity contribution in [2.75, 3.05) is 36.4 Å². The first-order chi connectivity index (χ1) is 16.3. The molecule has 1 saturated heterocycles. The molecule has 34 heavy (non-hydrogen) atoms. The zero-order chi connectivity index (χ0) is 24.2. The summed E-state index contributed by atoms with van der Waals surface area (Å²) in [5.74, 6) is -0.574. The van der Waals surface area contributed by atoms with Crippen molar-refractivity contribution < 1.29 is 14.5 Å². The minimum absolute atomic E-state index is 0.00390. The number of amides is 2. The summed E-state index contributed by atoms with van der Waals surface area (Å²) in [4.78, 5) is 39.6. The van der Waals surface area contributed by atoms with E-state index in [4.69, 9.17) is 23.2 Å². The van der Waals surface area contributed by atoms with Crippen LogP contribution in [0.1, 0.15) is 20.7 Å². The summed E-state index contributed by atoms with van der Waals surface area (Å²) in [6, 6.07) is 18.0. The molecule has 0 aromatic heterocycles. The number of nitrogens with one attached hydrogen (secondary N) is 1. The van der Waals surface area contributed by atoms with E-state index in [1.54, 1.807) is 30.3 Å². The van der Waals surface area contributed by atoms with Crippen molar-refractivity contribution in [1.29, 1.82) is 0 Å². The van der Waals surface area contributed by atoms with Gasteiger partial charge in [0.05, 0.1) is 26.2 Å². The molecule has 174 valence electrons. The topological polar surface area (TPSA) is 95.8 Å². The fourth-order valence-corrected chi connectivity index (χ4v) is 4.26. The predicted molar refractivity (Wildman–Crippen MR) is 132 cm³/mol. The van der Waals surface area contributed by atoms with Crippen molar-refractivity contribution in [3.05, 3.63) is 98.0 Å². The average molecular weight is 499 g/mol. The lowest BCUT2D eigenvalue weighted by Crippen LogP contribution is -2.48. The van der Waals surface area contributed by atoms with Crippen molar-refractivity contribution in [3.8, 4) is 0 Å².